The second-order valence-corrected chi connectivity index (χ2v) is 7.20. The number of hydrogen-bond acceptors (Lipinski definition) is 5. The van der Waals surface area contributed by atoms with E-state index >= 15 is 0 Å². The highest BCUT2D eigenvalue weighted by Gasteiger charge is 2.11. The summed E-state index contributed by atoms with van der Waals surface area (Å²) in [5, 5.41) is 0. The number of unbranched alkanes of at least 4 members (excludes halogenated alkanes) is 1. The Labute approximate surface area is 188 Å². The average Bonchev–Trinajstić information content (AvgIpc) is 2.83. The molecule has 2 aromatic carbocycles. The fraction of sp³-hybridized carbons (Fsp3) is 0.222. The third-order valence-corrected chi connectivity index (χ3v) is 4.94. The SMILES string of the molecule is CCCCOc1ccc(-c2ccc(-c3cccnc3)c(C=O)c2)c(/C=C/C(=O)OCC)c1. The molecule has 5 heteroatoms. The molecule has 0 saturated heterocycles. The third-order valence-electron chi connectivity index (χ3n) is 4.94. The molecule has 1 heterocycles. The number of esters is 1. The molecule has 0 amide bonds. The monoisotopic (exact) mass is 429 g/mol. The molecule has 0 aliphatic carbocycles. The van der Waals surface area contributed by atoms with E-state index in [-0.39, 0.29) is 0 Å². The van der Waals surface area contributed by atoms with Crippen molar-refractivity contribution in [2.75, 3.05) is 13.2 Å². The number of nitrogens with zero attached hydrogens (tertiary/aromatic N) is 1. The fourth-order valence-electron chi connectivity index (χ4n) is 3.33. The number of aromatic nitrogens is 1. The molecule has 0 spiro atoms. The lowest BCUT2D eigenvalue weighted by molar-refractivity contribution is -0.137. The van der Waals surface area contributed by atoms with E-state index in [1.165, 1.54) is 6.08 Å². The normalized spacial score (nSPS) is 10.8. The summed E-state index contributed by atoms with van der Waals surface area (Å²) in [4.78, 5) is 27.9. The van der Waals surface area contributed by atoms with Gasteiger partial charge in [-0.3, -0.25) is 9.78 Å². The largest absolute Gasteiger partial charge is 0.494 e. The van der Waals surface area contributed by atoms with Crippen molar-refractivity contribution in [1.29, 1.82) is 0 Å². The van der Waals surface area contributed by atoms with Gasteiger partial charge in [-0.15, -0.1) is 0 Å². The molecule has 0 unspecified atom stereocenters. The zero-order chi connectivity index (χ0) is 22.8. The van der Waals surface area contributed by atoms with Crippen LogP contribution in [0.1, 0.15) is 42.6 Å². The lowest BCUT2D eigenvalue weighted by Crippen LogP contribution is -1.99. The first-order valence-corrected chi connectivity index (χ1v) is 10.8. The van der Waals surface area contributed by atoms with Crippen LogP contribution in [0.15, 0.2) is 67.0 Å². The van der Waals surface area contributed by atoms with E-state index in [9.17, 15) is 9.59 Å². The molecule has 0 atom stereocenters. The molecule has 32 heavy (non-hydrogen) atoms. The van der Waals surface area contributed by atoms with Crippen LogP contribution in [0.25, 0.3) is 28.3 Å². The summed E-state index contributed by atoms with van der Waals surface area (Å²) < 4.78 is 10.9. The smallest absolute Gasteiger partial charge is 0.330 e. The predicted octanol–water partition coefficient (Wildman–Crippen LogP) is 5.98. The summed E-state index contributed by atoms with van der Waals surface area (Å²) in [6.07, 6.45) is 9.42. The van der Waals surface area contributed by atoms with E-state index in [0.29, 0.717) is 18.8 Å². The highest BCUT2D eigenvalue weighted by molar-refractivity contribution is 5.92. The standard InChI is InChI=1S/C27H27NO4/c1-3-5-15-32-24-10-12-25(21(17-24)9-13-27(30)31-4-2)20-8-11-26(23(16-20)19-29)22-7-6-14-28-18-22/h6-14,16-19H,3-5,15H2,1-2H3/b13-9+. The van der Waals surface area contributed by atoms with Crippen LogP contribution in [-0.4, -0.2) is 30.5 Å². The molecule has 0 N–H and O–H groups in total. The lowest BCUT2D eigenvalue weighted by atomic mass is 9.93. The molecule has 0 bridgehead atoms. The molecule has 0 saturated carbocycles. The molecule has 0 radical (unpaired) electrons. The van der Waals surface area contributed by atoms with Gasteiger partial charge in [-0.05, 0) is 65.9 Å². The van der Waals surface area contributed by atoms with Crippen molar-refractivity contribution in [2.24, 2.45) is 0 Å². The minimum Gasteiger partial charge on any atom is -0.494 e. The van der Waals surface area contributed by atoms with E-state index in [2.05, 4.69) is 11.9 Å². The first kappa shape index (κ1) is 22.9. The molecule has 0 fully saturated rings. The van der Waals surface area contributed by atoms with Crippen LogP contribution in [0.4, 0.5) is 0 Å². The molecule has 5 nitrogen and oxygen atoms in total. The van der Waals surface area contributed by atoms with Crippen molar-refractivity contribution in [2.45, 2.75) is 26.7 Å². The topological polar surface area (TPSA) is 65.5 Å². The van der Waals surface area contributed by atoms with Gasteiger partial charge in [0.1, 0.15) is 5.75 Å². The Hall–Kier alpha value is -3.73. The van der Waals surface area contributed by atoms with Gasteiger partial charge in [0.25, 0.3) is 0 Å². The van der Waals surface area contributed by atoms with Crippen LogP contribution in [0, 0.1) is 0 Å². The van der Waals surface area contributed by atoms with Crippen LogP contribution in [-0.2, 0) is 9.53 Å². The number of benzene rings is 2. The van der Waals surface area contributed by atoms with Gasteiger partial charge < -0.3 is 9.47 Å². The van der Waals surface area contributed by atoms with Crippen molar-refractivity contribution in [3.05, 3.63) is 78.1 Å². The first-order chi connectivity index (χ1) is 15.7. The number of carbonyl (C=O) groups excluding carboxylic acids is 2. The van der Waals surface area contributed by atoms with E-state index in [1.807, 2.05) is 48.5 Å². The van der Waals surface area contributed by atoms with E-state index < -0.39 is 5.97 Å². The molecule has 3 aromatic rings. The number of ether oxygens (including phenoxy) is 2. The second kappa shape index (κ2) is 11.6. The predicted molar refractivity (Wildman–Crippen MR) is 127 cm³/mol. The van der Waals surface area contributed by atoms with Gasteiger partial charge in [0.05, 0.1) is 13.2 Å². The Morgan fingerprint density at radius 1 is 1.00 bits per heavy atom. The van der Waals surface area contributed by atoms with E-state index in [1.54, 1.807) is 25.4 Å². The minimum atomic E-state index is -0.406. The Kier molecular flexibility index (Phi) is 8.32. The summed E-state index contributed by atoms with van der Waals surface area (Å²) in [7, 11) is 0. The third kappa shape index (κ3) is 5.91. The molecular weight excluding hydrogens is 402 g/mol. The quantitative estimate of drug-likeness (QED) is 0.172. The second-order valence-electron chi connectivity index (χ2n) is 7.20. The summed E-state index contributed by atoms with van der Waals surface area (Å²) in [5.41, 5.74) is 4.82. The average molecular weight is 430 g/mol. The fourth-order valence-corrected chi connectivity index (χ4v) is 3.33. The molecule has 0 aliphatic heterocycles. The zero-order valence-electron chi connectivity index (χ0n) is 18.4. The number of rotatable bonds is 10. The van der Waals surface area contributed by atoms with Gasteiger partial charge >= 0.3 is 5.97 Å². The summed E-state index contributed by atoms with van der Waals surface area (Å²) in [5.74, 6) is 0.324. The van der Waals surface area contributed by atoms with Crippen molar-refractivity contribution in [3.63, 3.8) is 0 Å². The zero-order valence-corrected chi connectivity index (χ0v) is 18.4. The van der Waals surface area contributed by atoms with E-state index in [0.717, 1.165) is 52.7 Å². The maximum Gasteiger partial charge on any atom is 0.330 e. The van der Waals surface area contributed by atoms with Crippen LogP contribution >= 0.6 is 0 Å². The van der Waals surface area contributed by atoms with Gasteiger partial charge in [0.15, 0.2) is 6.29 Å². The Bertz CT molecular complexity index is 1090. The van der Waals surface area contributed by atoms with Gasteiger partial charge in [-0.2, -0.15) is 0 Å². The number of hydrogen-bond donors (Lipinski definition) is 0. The maximum atomic E-state index is 11.9. The maximum absolute atomic E-state index is 11.9. The first-order valence-electron chi connectivity index (χ1n) is 10.8. The molecule has 1 aromatic heterocycles. The number of pyridine rings is 1. The van der Waals surface area contributed by atoms with Crippen LogP contribution in [0.2, 0.25) is 0 Å². The van der Waals surface area contributed by atoms with Crippen molar-refractivity contribution < 1.29 is 19.1 Å². The summed E-state index contributed by atoms with van der Waals surface area (Å²) in [6.45, 7) is 4.82. The van der Waals surface area contributed by atoms with Crippen LogP contribution < -0.4 is 4.74 Å². The lowest BCUT2D eigenvalue weighted by Gasteiger charge is -2.13. The highest BCUT2D eigenvalue weighted by Crippen LogP contribution is 2.32. The van der Waals surface area contributed by atoms with Crippen LogP contribution in [0.5, 0.6) is 5.75 Å². The van der Waals surface area contributed by atoms with Gasteiger partial charge in [-0.1, -0.05) is 37.6 Å². The summed E-state index contributed by atoms with van der Waals surface area (Å²) in [6, 6.07) is 15.2. The van der Waals surface area contributed by atoms with Gasteiger partial charge in [0, 0.05) is 29.6 Å². The van der Waals surface area contributed by atoms with E-state index in [4.69, 9.17) is 9.47 Å². The number of aldehydes is 1. The van der Waals surface area contributed by atoms with Crippen molar-refractivity contribution in [3.8, 4) is 28.0 Å². The van der Waals surface area contributed by atoms with Crippen molar-refractivity contribution >= 4 is 18.3 Å². The van der Waals surface area contributed by atoms with Gasteiger partial charge in [0.2, 0.25) is 0 Å². The van der Waals surface area contributed by atoms with Crippen LogP contribution in [0.3, 0.4) is 0 Å². The molecule has 0 aliphatic rings. The number of carbonyl (C=O) groups is 2. The Morgan fingerprint density at radius 2 is 1.81 bits per heavy atom. The van der Waals surface area contributed by atoms with Gasteiger partial charge in [-0.25, -0.2) is 4.79 Å². The molecular formula is C27H27NO4. The Balaban J connectivity index is 2.01. The summed E-state index contributed by atoms with van der Waals surface area (Å²) >= 11 is 0. The molecule has 3 rings (SSSR count). The minimum absolute atomic E-state index is 0.314. The Morgan fingerprint density at radius 3 is 2.53 bits per heavy atom. The van der Waals surface area contributed by atoms with Crippen molar-refractivity contribution in [1.82, 2.24) is 4.98 Å². The highest BCUT2D eigenvalue weighted by atomic mass is 16.5. The molecule has 164 valence electrons.